The minimum Gasteiger partial charge on any atom is -0.463 e. The highest BCUT2D eigenvalue weighted by molar-refractivity contribution is 7.99. The van der Waals surface area contributed by atoms with Crippen molar-refractivity contribution in [3.8, 4) is 0 Å². The minimum absolute atomic E-state index is 0.0267. The van der Waals surface area contributed by atoms with Crippen LogP contribution in [0.25, 0.3) is 11.0 Å². The first-order valence-corrected chi connectivity index (χ1v) is 6.81. The number of rotatable bonds is 2. The summed E-state index contributed by atoms with van der Waals surface area (Å²) in [7, 11) is 0. The first kappa shape index (κ1) is 12.1. The Labute approximate surface area is 115 Å². The van der Waals surface area contributed by atoms with Crippen LogP contribution in [0.3, 0.4) is 0 Å². The largest absolute Gasteiger partial charge is 0.463 e. The lowest BCUT2D eigenvalue weighted by atomic mass is 10.1. The van der Waals surface area contributed by atoms with Gasteiger partial charge in [-0.25, -0.2) is 0 Å². The molecular weight excluding hydrogens is 256 g/mol. The summed E-state index contributed by atoms with van der Waals surface area (Å²) in [6.07, 6.45) is 1.54. The fraction of sp³-hybridized carbons (Fsp3) is 0.0625. The Bertz CT molecular complexity index is 776. The van der Waals surface area contributed by atoms with E-state index < -0.39 is 0 Å². The lowest BCUT2D eigenvalue weighted by Crippen LogP contribution is -2.03. The van der Waals surface area contributed by atoms with Crippen molar-refractivity contribution in [2.75, 3.05) is 0 Å². The predicted octanol–water partition coefficient (Wildman–Crippen LogP) is 4.25. The van der Waals surface area contributed by atoms with Gasteiger partial charge in [-0.15, -0.1) is 0 Å². The summed E-state index contributed by atoms with van der Waals surface area (Å²) in [5, 5.41) is 0.640. The molecule has 1 aromatic heterocycles. The zero-order valence-electron chi connectivity index (χ0n) is 10.4. The maximum absolute atomic E-state index is 12.4. The lowest BCUT2D eigenvalue weighted by Gasteiger charge is -2.03. The van der Waals surface area contributed by atoms with Gasteiger partial charge in [0, 0.05) is 4.90 Å². The van der Waals surface area contributed by atoms with Crippen LogP contribution in [0.4, 0.5) is 0 Å². The van der Waals surface area contributed by atoms with Crippen LogP contribution >= 0.6 is 11.8 Å². The van der Waals surface area contributed by atoms with Crippen LogP contribution in [0.15, 0.2) is 73.8 Å². The van der Waals surface area contributed by atoms with Gasteiger partial charge in [0.2, 0.25) is 5.43 Å². The van der Waals surface area contributed by atoms with Crippen molar-refractivity contribution in [1.29, 1.82) is 0 Å². The Morgan fingerprint density at radius 2 is 1.84 bits per heavy atom. The molecule has 94 valence electrons. The SMILES string of the molecule is Cc1ccc2occ(Sc3ccccc3)c(=O)c2c1. The Morgan fingerprint density at radius 1 is 1.05 bits per heavy atom. The topological polar surface area (TPSA) is 30.2 Å². The number of fused-ring (bicyclic) bond motifs is 1. The van der Waals surface area contributed by atoms with E-state index in [2.05, 4.69) is 0 Å². The molecule has 0 aliphatic heterocycles. The fourth-order valence-corrected chi connectivity index (χ4v) is 2.76. The molecular formula is C16H12O2S. The van der Waals surface area contributed by atoms with E-state index in [1.165, 1.54) is 18.0 Å². The molecule has 19 heavy (non-hydrogen) atoms. The maximum Gasteiger partial charge on any atom is 0.206 e. The molecule has 0 saturated heterocycles. The molecule has 0 unspecified atom stereocenters. The average Bonchev–Trinajstić information content (AvgIpc) is 2.44. The minimum atomic E-state index is 0.0267. The summed E-state index contributed by atoms with van der Waals surface area (Å²) in [5.41, 5.74) is 1.72. The van der Waals surface area contributed by atoms with Crippen LogP contribution in [-0.4, -0.2) is 0 Å². The molecule has 0 atom stereocenters. The van der Waals surface area contributed by atoms with Gasteiger partial charge in [-0.1, -0.05) is 41.6 Å². The molecule has 0 radical (unpaired) electrons. The van der Waals surface area contributed by atoms with E-state index in [9.17, 15) is 4.79 Å². The molecule has 0 amide bonds. The number of hydrogen-bond donors (Lipinski definition) is 0. The van der Waals surface area contributed by atoms with Crippen LogP contribution in [0.2, 0.25) is 0 Å². The van der Waals surface area contributed by atoms with E-state index in [4.69, 9.17) is 4.42 Å². The summed E-state index contributed by atoms with van der Waals surface area (Å²) < 4.78 is 5.53. The molecule has 3 aromatic rings. The Balaban J connectivity index is 2.10. The van der Waals surface area contributed by atoms with Gasteiger partial charge < -0.3 is 4.42 Å². The van der Waals surface area contributed by atoms with Gasteiger partial charge >= 0.3 is 0 Å². The molecule has 0 aliphatic rings. The van der Waals surface area contributed by atoms with E-state index in [1.54, 1.807) is 0 Å². The van der Waals surface area contributed by atoms with Crippen LogP contribution in [-0.2, 0) is 0 Å². The second kappa shape index (κ2) is 4.94. The first-order valence-electron chi connectivity index (χ1n) is 5.99. The number of hydrogen-bond acceptors (Lipinski definition) is 3. The van der Waals surface area contributed by atoms with Crippen molar-refractivity contribution in [2.45, 2.75) is 16.7 Å². The van der Waals surface area contributed by atoms with E-state index in [0.717, 1.165) is 10.5 Å². The molecule has 3 rings (SSSR count). The quantitative estimate of drug-likeness (QED) is 0.696. The van der Waals surface area contributed by atoms with Crippen molar-refractivity contribution >= 4 is 22.7 Å². The normalized spacial score (nSPS) is 10.8. The molecule has 3 heteroatoms. The van der Waals surface area contributed by atoms with E-state index >= 15 is 0 Å². The summed E-state index contributed by atoms with van der Waals surface area (Å²) in [5.74, 6) is 0. The molecule has 1 heterocycles. The van der Waals surface area contributed by atoms with Gasteiger partial charge in [-0.05, 0) is 31.2 Å². The summed E-state index contributed by atoms with van der Waals surface area (Å²) in [6, 6.07) is 15.5. The van der Waals surface area contributed by atoms with Crippen LogP contribution in [0.5, 0.6) is 0 Å². The van der Waals surface area contributed by atoms with Crippen molar-refractivity contribution in [3.63, 3.8) is 0 Å². The van der Waals surface area contributed by atoms with Gasteiger partial charge in [0.15, 0.2) is 0 Å². The van der Waals surface area contributed by atoms with Gasteiger partial charge in [0.25, 0.3) is 0 Å². The third-order valence-electron chi connectivity index (χ3n) is 2.87. The van der Waals surface area contributed by atoms with Gasteiger partial charge in [-0.2, -0.15) is 0 Å². The summed E-state index contributed by atoms with van der Waals surface area (Å²) in [6.45, 7) is 1.97. The highest BCUT2D eigenvalue weighted by Crippen LogP contribution is 2.26. The molecule has 0 aliphatic carbocycles. The molecule has 0 bridgehead atoms. The predicted molar refractivity (Wildman–Crippen MR) is 77.8 cm³/mol. The second-order valence-corrected chi connectivity index (χ2v) is 5.46. The van der Waals surface area contributed by atoms with Crippen LogP contribution in [0.1, 0.15) is 5.56 Å². The van der Waals surface area contributed by atoms with Gasteiger partial charge in [0.1, 0.15) is 11.8 Å². The van der Waals surface area contributed by atoms with Crippen molar-refractivity contribution in [2.24, 2.45) is 0 Å². The average molecular weight is 268 g/mol. The van der Waals surface area contributed by atoms with Crippen molar-refractivity contribution in [1.82, 2.24) is 0 Å². The Morgan fingerprint density at radius 3 is 2.63 bits per heavy atom. The molecule has 0 fully saturated rings. The van der Waals surface area contributed by atoms with Gasteiger partial charge in [0.05, 0.1) is 10.3 Å². The maximum atomic E-state index is 12.4. The standard InChI is InChI=1S/C16H12O2S/c1-11-7-8-14-13(9-11)16(17)15(10-18-14)19-12-5-3-2-4-6-12/h2-10H,1H3. The summed E-state index contributed by atoms with van der Waals surface area (Å²) in [4.78, 5) is 14.0. The van der Waals surface area contributed by atoms with Gasteiger partial charge in [-0.3, -0.25) is 4.79 Å². The van der Waals surface area contributed by atoms with Crippen molar-refractivity contribution in [3.05, 3.63) is 70.6 Å². The third-order valence-corrected chi connectivity index (χ3v) is 3.88. The fourth-order valence-electron chi connectivity index (χ4n) is 1.91. The highest BCUT2D eigenvalue weighted by Gasteiger charge is 2.08. The van der Waals surface area contributed by atoms with Crippen LogP contribution < -0.4 is 5.43 Å². The monoisotopic (exact) mass is 268 g/mol. The smallest absolute Gasteiger partial charge is 0.206 e. The van der Waals surface area contributed by atoms with E-state index in [1.807, 2.05) is 55.5 Å². The van der Waals surface area contributed by atoms with E-state index in [0.29, 0.717) is 15.9 Å². The van der Waals surface area contributed by atoms with Crippen molar-refractivity contribution < 1.29 is 4.42 Å². The molecule has 0 saturated carbocycles. The molecule has 2 nitrogen and oxygen atoms in total. The zero-order valence-corrected chi connectivity index (χ0v) is 11.2. The molecule has 2 aromatic carbocycles. The molecule has 0 spiro atoms. The van der Waals surface area contributed by atoms with Crippen LogP contribution in [0, 0.1) is 6.92 Å². The number of benzene rings is 2. The lowest BCUT2D eigenvalue weighted by molar-refractivity contribution is 0.587. The zero-order chi connectivity index (χ0) is 13.2. The summed E-state index contributed by atoms with van der Waals surface area (Å²) >= 11 is 1.43. The molecule has 0 N–H and O–H groups in total. The third kappa shape index (κ3) is 2.42. The second-order valence-electron chi connectivity index (χ2n) is 4.34. The highest BCUT2D eigenvalue weighted by atomic mass is 32.2. The number of aryl methyl sites for hydroxylation is 1. The first-order chi connectivity index (χ1) is 9.24. The Hall–Kier alpha value is -2.00. The van der Waals surface area contributed by atoms with E-state index in [-0.39, 0.29) is 5.43 Å². The Kier molecular flexibility index (Phi) is 3.13.